The van der Waals surface area contributed by atoms with Gasteiger partial charge in [0.05, 0.1) is 0 Å². The van der Waals surface area contributed by atoms with Gasteiger partial charge in [-0.1, -0.05) is 0 Å². The highest BCUT2D eigenvalue weighted by Gasteiger charge is 2.43. The van der Waals surface area contributed by atoms with Gasteiger partial charge in [0, 0.05) is 26.2 Å². The number of rotatable bonds is 3. The molecule has 2 fully saturated rings. The first kappa shape index (κ1) is 10.4. The summed E-state index contributed by atoms with van der Waals surface area (Å²) in [6, 6.07) is 0. The molecule has 0 aromatic heterocycles. The van der Waals surface area contributed by atoms with Gasteiger partial charge in [-0.15, -0.1) is 0 Å². The Labute approximate surface area is 86.3 Å². The molecule has 2 aliphatic rings. The van der Waals surface area contributed by atoms with Crippen LogP contribution in [0.1, 0.15) is 25.7 Å². The van der Waals surface area contributed by atoms with Gasteiger partial charge in [0.25, 0.3) is 0 Å². The number of likely N-dealkylation sites (tertiary alicyclic amines) is 1. The minimum absolute atomic E-state index is 0.388. The van der Waals surface area contributed by atoms with Crippen LogP contribution in [0.5, 0.6) is 0 Å². The number of aliphatic hydroxyl groups excluding tert-OH is 1. The number of nitrogens with zero attached hydrogens (tertiary/aromatic N) is 1. The smallest absolute Gasteiger partial charge is 0.0459 e. The molecular formula is C11H22N2O. The van der Waals surface area contributed by atoms with E-state index in [9.17, 15) is 0 Å². The maximum absolute atomic E-state index is 9.15. The second kappa shape index (κ2) is 4.17. The fourth-order valence-corrected chi connectivity index (χ4v) is 3.25. The Hall–Kier alpha value is -0.120. The first-order valence-corrected chi connectivity index (χ1v) is 5.81. The van der Waals surface area contributed by atoms with Crippen molar-refractivity contribution in [3.05, 3.63) is 0 Å². The topological polar surface area (TPSA) is 49.5 Å². The van der Waals surface area contributed by atoms with Crippen molar-refractivity contribution < 1.29 is 5.11 Å². The van der Waals surface area contributed by atoms with Gasteiger partial charge in [0.15, 0.2) is 0 Å². The maximum atomic E-state index is 9.15. The molecule has 82 valence electrons. The summed E-state index contributed by atoms with van der Waals surface area (Å²) in [7, 11) is 0. The number of hydrogen-bond acceptors (Lipinski definition) is 3. The highest BCUT2D eigenvalue weighted by atomic mass is 16.3. The van der Waals surface area contributed by atoms with Gasteiger partial charge in [-0.05, 0) is 43.6 Å². The van der Waals surface area contributed by atoms with E-state index in [1.54, 1.807) is 0 Å². The molecule has 0 aromatic rings. The van der Waals surface area contributed by atoms with Gasteiger partial charge in [0.2, 0.25) is 0 Å². The maximum Gasteiger partial charge on any atom is 0.0459 e. The van der Waals surface area contributed by atoms with Crippen LogP contribution < -0.4 is 5.73 Å². The van der Waals surface area contributed by atoms with E-state index in [0.717, 1.165) is 13.1 Å². The summed E-state index contributed by atoms with van der Waals surface area (Å²) in [6.45, 7) is 4.65. The van der Waals surface area contributed by atoms with Crippen LogP contribution in [-0.4, -0.2) is 42.8 Å². The van der Waals surface area contributed by atoms with E-state index in [4.69, 9.17) is 10.8 Å². The van der Waals surface area contributed by atoms with Crippen molar-refractivity contribution in [2.75, 3.05) is 32.8 Å². The standard InChI is InChI=1S/C11H22N2O/c12-4-6-13-5-3-11(9-13)2-1-10(7-11)8-14/h10,14H,1-9,12H2/t10-,11+/m0/s1. The molecule has 1 spiro atoms. The van der Waals surface area contributed by atoms with Crippen LogP contribution in [0.2, 0.25) is 0 Å². The Morgan fingerprint density at radius 3 is 2.93 bits per heavy atom. The number of nitrogens with two attached hydrogens (primary N) is 1. The molecule has 1 saturated heterocycles. The Morgan fingerprint density at radius 1 is 1.43 bits per heavy atom. The third-order valence-corrected chi connectivity index (χ3v) is 4.03. The third kappa shape index (κ3) is 1.95. The van der Waals surface area contributed by atoms with Gasteiger partial charge >= 0.3 is 0 Å². The van der Waals surface area contributed by atoms with Crippen molar-refractivity contribution in [3.63, 3.8) is 0 Å². The summed E-state index contributed by atoms with van der Waals surface area (Å²) in [5.74, 6) is 0.577. The first-order valence-electron chi connectivity index (χ1n) is 5.81. The number of hydrogen-bond donors (Lipinski definition) is 2. The monoisotopic (exact) mass is 198 g/mol. The Kier molecular flexibility index (Phi) is 3.10. The van der Waals surface area contributed by atoms with Crippen LogP contribution >= 0.6 is 0 Å². The molecule has 3 heteroatoms. The molecule has 3 nitrogen and oxygen atoms in total. The lowest BCUT2D eigenvalue weighted by atomic mass is 9.84. The van der Waals surface area contributed by atoms with Crippen LogP contribution in [0, 0.1) is 11.3 Å². The van der Waals surface area contributed by atoms with Crippen LogP contribution in [0.15, 0.2) is 0 Å². The van der Waals surface area contributed by atoms with Crippen LogP contribution in [0.25, 0.3) is 0 Å². The molecule has 1 heterocycles. The van der Waals surface area contributed by atoms with E-state index in [2.05, 4.69) is 4.90 Å². The van der Waals surface area contributed by atoms with Gasteiger partial charge in [-0.3, -0.25) is 0 Å². The molecule has 3 N–H and O–H groups in total. The van der Waals surface area contributed by atoms with E-state index in [1.165, 1.54) is 38.8 Å². The molecule has 0 bridgehead atoms. The van der Waals surface area contributed by atoms with Crippen molar-refractivity contribution in [1.82, 2.24) is 4.90 Å². The van der Waals surface area contributed by atoms with Gasteiger partial charge in [-0.25, -0.2) is 0 Å². The largest absolute Gasteiger partial charge is 0.396 e. The molecule has 2 atom stereocenters. The van der Waals surface area contributed by atoms with E-state index in [0.29, 0.717) is 17.9 Å². The van der Waals surface area contributed by atoms with Crippen molar-refractivity contribution in [3.8, 4) is 0 Å². The summed E-state index contributed by atoms with van der Waals surface area (Å²) >= 11 is 0. The normalized spacial score (nSPS) is 38.6. The molecular weight excluding hydrogens is 176 g/mol. The first-order chi connectivity index (χ1) is 6.78. The predicted octanol–water partition coefficient (Wildman–Crippen LogP) is 0.430. The molecule has 0 aromatic carbocycles. The summed E-state index contributed by atoms with van der Waals surface area (Å²) in [5, 5.41) is 9.15. The summed E-state index contributed by atoms with van der Waals surface area (Å²) in [4.78, 5) is 2.49. The minimum atomic E-state index is 0.388. The molecule has 0 amide bonds. The second-order valence-corrected chi connectivity index (χ2v) is 5.11. The minimum Gasteiger partial charge on any atom is -0.396 e. The van der Waals surface area contributed by atoms with Crippen LogP contribution in [0.3, 0.4) is 0 Å². The SMILES string of the molecule is NCCN1CC[C@@]2(CC[C@H](CO)C2)C1. The lowest BCUT2D eigenvalue weighted by Gasteiger charge is -2.24. The van der Waals surface area contributed by atoms with Crippen molar-refractivity contribution in [1.29, 1.82) is 0 Å². The van der Waals surface area contributed by atoms with E-state index >= 15 is 0 Å². The Morgan fingerprint density at radius 2 is 2.29 bits per heavy atom. The molecule has 1 aliphatic heterocycles. The summed E-state index contributed by atoms with van der Waals surface area (Å²) in [5.41, 5.74) is 6.11. The van der Waals surface area contributed by atoms with Crippen LogP contribution in [-0.2, 0) is 0 Å². The average Bonchev–Trinajstić information content (AvgIpc) is 2.76. The molecule has 0 radical (unpaired) electrons. The average molecular weight is 198 g/mol. The number of aliphatic hydroxyl groups is 1. The fourth-order valence-electron chi connectivity index (χ4n) is 3.25. The zero-order valence-electron chi connectivity index (χ0n) is 8.91. The van der Waals surface area contributed by atoms with E-state index < -0.39 is 0 Å². The lowest BCUT2D eigenvalue weighted by Crippen LogP contribution is -2.30. The zero-order valence-corrected chi connectivity index (χ0v) is 8.91. The summed E-state index contributed by atoms with van der Waals surface area (Å²) in [6.07, 6.45) is 5.11. The van der Waals surface area contributed by atoms with Gasteiger partial charge in [0.1, 0.15) is 0 Å². The second-order valence-electron chi connectivity index (χ2n) is 5.11. The highest BCUT2D eigenvalue weighted by Crippen LogP contribution is 2.47. The van der Waals surface area contributed by atoms with Crippen molar-refractivity contribution in [2.24, 2.45) is 17.1 Å². The van der Waals surface area contributed by atoms with Gasteiger partial charge < -0.3 is 15.7 Å². The zero-order chi connectivity index (χ0) is 10.0. The van der Waals surface area contributed by atoms with E-state index in [-0.39, 0.29) is 0 Å². The quantitative estimate of drug-likeness (QED) is 0.691. The third-order valence-electron chi connectivity index (χ3n) is 4.03. The molecule has 1 saturated carbocycles. The van der Waals surface area contributed by atoms with Gasteiger partial charge in [-0.2, -0.15) is 0 Å². The molecule has 1 aliphatic carbocycles. The Bertz CT molecular complexity index is 198. The molecule has 2 rings (SSSR count). The van der Waals surface area contributed by atoms with Crippen molar-refractivity contribution in [2.45, 2.75) is 25.7 Å². The fraction of sp³-hybridized carbons (Fsp3) is 1.00. The molecule has 14 heavy (non-hydrogen) atoms. The van der Waals surface area contributed by atoms with E-state index in [1.807, 2.05) is 0 Å². The van der Waals surface area contributed by atoms with Crippen molar-refractivity contribution >= 4 is 0 Å². The predicted molar refractivity (Wildman–Crippen MR) is 57.0 cm³/mol. The lowest BCUT2D eigenvalue weighted by molar-refractivity contribution is 0.205. The summed E-state index contributed by atoms with van der Waals surface area (Å²) < 4.78 is 0. The van der Waals surface area contributed by atoms with Crippen LogP contribution in [0.4, 0.5) is 0 Å². The highest BCUT2D eigenvalue weighted by molar-refractivity contribution is 4.95. The molecule has 0 unspecified atom stereocenters. The Balaban J connectivity index is 1.87.